The Bertz CT molecular complexity index is 653. The standard InChI is InChI=1S/C16H16N2O4/c1-21-13-6-8-14(9-7-13)22-11-16(20)18-17-10-12-4-2-3-5-15(12)19/h2-10,19H,11H2,1H3,(H,18,20)/b17-10-. The first-order valence-corrected chi connectivity index (χ1v) is 6.56. The van der Waals surface area contributed by atoms with E-state index in [-0.39, 0.29) is 12.4 Å². The molecule has 0 bridgehead atoms. The zero-order valence-electron chi connectivity index (χ0n) is 12.0. The number of para-hydroxylation sites is 1. The number of phenols is 1. The number of hydrazone groups is 1. The van der Waals surface area contributed by atoms with Crippen molar-refractivity contribution >= 4 is 12.1 Å². The number of carbonyl (C=O) groups is 1. The lowest BCUT2D eigenvalue weighted by Crippen LogP contribution is -2.24. The normalized spacial score (nSPS) is 10.4. The molecule has 0 radical (unpaired) electrons. The predicted molar refractivity (Wildman–Crippen MR) is 82.3 cm³/mol. The van der Waals surface area contributed by atoms with Crippen molar-refractivity contribution in [2.24, 2.45) is 5.10 Å². The van der Waals surface area contributed by atoms with Gasteiger partial charge in [-0.15, -0.1) is 0 Å². The molecular weight excluding hydrogens is 284 g/mol. The maximum atomic E-state index is 11.6. The van der Waals surface area contributed by atoms with Gasteiger partial charge in [-0.2, -0.15) is 5.10 Å². The van der Waals surface area contributed by atoms with Gasteiger partial charge in [0.2, 0.25) is 0 Å². The largest absolute Gasteiger partial charge is 0.507 e. The first kappa shape index (κ1) is 15.4. The predicted octanol–water partition coefficient (Wildman–Crippen LogP) is 1.93. The number of ether oxygens (including phenoxy) is 2. The summed E-state index contributed by atoms with van der Waals surface area (Å²) in [6.07, 6.45) is 1.36. The average Bonchev–Trinajstić information content (AvgIpc) is 2.55. The summed E-state index contributed by atoms with van der Waals surface area (Å²) < 4.78 is 10.3. The second-order valence-electron chi connectivity index (χ2n) is 4.32. The molecule has 2 rings (SSSR count). The summed E-state index contributed by atoms with van der Waals surface area (Å²) in [5.41, 5.74) is 2.83. The van der Waals surface area contributed by atoms with E-state index in [1.807, 2.05) is 0 Å². The van der Waals surface area contributed by atoms with Crippen LogP contribution in [0, 0.1) is 0 Å². The van der Waals surface area contributed by atoms with E-state index in [1.54, 1.807) is 49.6 Å². The zero-order valence-corrected chi connectivity index (χ0v) is 12.0. The Labute approximate surface area is 128 Å². The van der Waals surface area contributed by atoms with E-state index in [0.717, 1.165) is 0 Å². The van der Waals surface area contributed by atoms with Crippen molar-refractivity contribution in [1.82, 2.24) is 5.43 Å². The van der Waals surface area contributed by atoms with Crippen LogP contribution in [0.1, 0.15) is 5.56 Å². The molecular formula is C16H16N2O4. The van der Waals surface area contributed by atoms with Crippen LogP contribution in [-0.4, -0.2) is 30.9 Å². The van der Waals surface area contributed by atoms with Gasteiger partial charge >= 0.3 is 0 Å². The molecule has 0 spiro atoms. The van der Waals surface area contributed by atoms with Crippen LogP contribution in [-0.2, 0) is 4.79 Å². The number of nitrogens with one attached hydrogen (secondary N) is 1. The third-order valence-corrected chi connectivity index (χ3v) is 2.76. The zero-order chi connectivity index (χ0) is 15.8. The third kappa shape index (κ3) is 4.52. The lowest BCUT2D eigenvalue weighted by atomic mass is 10.2. The Morgan fingerprint density at radius 2 is 1.86 bits per heavy atom. The Kier molecular flexibility index (Phi) is 5.37. The van der Waals surface area contributed by atoms with Crippen LogP contribution in [0.5, 0.6) is 17.2 Å². The van der Waals surface area contributed by atoms with Crippen LogP contribution in [0.15, 0.2) is 53.6 Å². The molecule has 22 heavy (non-hydrogen) atoms. The fourth-order valence-electron chi connectivity index (χ4n) is 1.62. The Morgan fingerprint density at radius 3 is 2.55 bits per heavy atom. The van der Waals surface area contributed by atoms with Crippen molar-refractivity contribution in [3.63, 3.8) is 0 Å². The highest BCUT2D eigenvalue weighted by atomic mass is 16.5. The fraction of sp³-hybridized carbons (Fsp3) is 0.125. The Morgan fingerprint density at radius 1 is 1.18 bits per heavy atom. The topological polar surface area (TPSA) is 80.2 Å². The van der Waals surface area contributed by atoms with E-state index < -0.39 is 5.91 Å². The summed E-state index contributed by atoms with van der Waals surface area (Å²) in [6.45, 7) is -0.162. The Hall–Kier alpha value is -3.02. The number of aromatic hydroxyl groups is 1. The monoisotopic (exact) mass is 300 g/mol. The number of hydrogen-bond acceptors (Lipinski definition) is 5. The van der Waals surface area contributed by atoms with E-state index in [0.29, 0.717) is 17.1 Å². The van der Waals surface area contributed by atoms with Gasteiger partial charge in [0.05, 0.1) is 13.3 Å². The maximum absolute atomic E-state index is 11.6. The van der Waals surface area contributed by atoms with Crippen molar-refractivity contribution in [2.45, 2.75) is 0 Å². The summed E-state index contributed by atoms with van der Waals surface area (Å²) in [7, 11) is 1.58. The SMILES string of the molecule is COc1ccc(OCC(=O)N/N=C\c2ccccc2O)cc1. The molecule has 0 heterocycles. The Balaban J connectivity index is 1.79. The van der Waals surface area contributed by atoms with Gasteiger partial charge < -0.3 is 14.6 Å². The summed E-state index contributed by atoms with van der Waals surface area (Å²) in [5, 5.41) is 13.3. The van der Waals surface area contributed by atoms with Crippen molar-refractivity contribution < 1.29 is 19.4 Å². The first-order valence-electron chi connectivity index (χ1n) is 6.56. The molecule has 6 heteroatoms. The first-order chi connectivity index (χ1) is 10.7. The molecule has 0 aliphatic rings. The molecule has 2 N–H and O–H groups in total. The van der Waals surface area contributed by atoms with Crippen molar-refractivity contribution in [1.29, 1.82) is 0 Å². The quantitative estimate of drug-likeness (QED) is 0.631. The molecule has 2 aromatic rings. The molecule has 0 saturated carbocycles. The molecule has 1 amide bonds. The van der Waals surface area contributed by atoms with E-state index in [4.69, 9.17) is 9.47 Å². The number of phenolic OH excluding ortho intramolecular Hbond substituents is 1. The number of nitrogens with zero attached hydrogens (tertiary/aromatic N) is 1. The second kappa shape index (κ2) is 7.68. The van der Waals surface area contributed by atoms with Crippen LogP contribution >= 0.6 is 0 Å². The maximum Gasteiger partial charge on any atom is 0.277 e. The number of benzene rings is 2. The highest BCUT2D eigenvalue weighted by Crippen LogP contribution is 2.16. The lowest BCUT2D eigenvalue weighted by Gasteiger charge is -2.05. The molecule has 0 aliphatic carbocycles. The third-order valence-electron chi connectivity index (χ3n) is 2.76. The van der Waals surface area contributed by atoms with Gasteiger partial charge in [0.15, 0.2) is 6.61 Å². The highest BCUT2D eigenvalue weighted by Gasteiger charge is 2.02. The van der Waals surface area contributed by atoms with Crippen LogP contribution in [0.3, 0.4) is 0 Å². The van der Waals surface area contributed by atoms with Gasteiger partial charge in [0, 0.05) is 5.56 Å². The summed E-state index contributed by atoms with van der Waals surface area (Å²) in [5.74, 6) is 0.960. The lowest BCUT2D eigenvalue weighted by molar-refractivity contribution is -0.123. The molecule has 0 aromatic heterocycles. The van der Waals surface area contributed by atoms with Crippen LogP contribution < -0.4 is 14.9 Å². The van der Waals surface area contributed by atoms with Gasteiger partial charge in [-0.3, -0.25) is 4.79 Å². The number of amides is 1. The van der Waals surface area contributed by atoms with Crippen molar-refractivity contribution in [3.05, 3.63) is 54.1 Å². The summed E-state index contributed by atoms with van der Waals surface area (Å²) in [4.78, 5) is 11.6. The van der Waals surface area contributed by atoms with Crippen molar-refractivity contribution in [3.8, 4) is 17.2 Å². The smallest absolute Gasteiger partial charge is 0.277 e. The number of methoxy groups -OCH3 is 1. The van der Waals surface area contributed by atoms with Gasteiger partial charge in [0.25, 0.3) is 5.91 Å². The van der Waals surface area contributed by atoms with E-state index >= 15 is 0 Å². The minimum absolute atomic E-state index is 0.0926. The van der Waals surface area contributed by atoms with Gasteiger partial charge in [-0.1, -0.05) is 12.1 Å². The molecule has 0 fully saturated rings. The molecule has 0 saturated heterocycles. The molecule has 114 valence electrons. The van der Waals surface area contributed by atoms with Crippen LogP contribution in [0.4, 0.5) is 0 Å². The van der Waals surface area contributed by atoms with Gasteiger partial charge in [-0.25, -0.2) is 5.43 Å². The summed E-state index contributed by atoms with van der Waals surface area (Å²) in [6, 6.07) is 13.6. The molecule has 0 aliphatic heterocycles. The highest BCUT2D eigenvalue weighted by molar-refractivity contribution is 5.85. The van der Waals surface area contributed by atoms with Gasteiger partial charge in [0.1, 0.15) is 17.2 Å². The molecule has 0 atom stereocenters. The number of hydrogen-bond donors (Lipinski definition) is 2. The van der Waals surface area contributed by atoms with Gasteiger partial charge in [-0.05, 0) is 36.4 Å². The molecule has 0 unspecified atom stereocenters. The van der Waals surface area contributed by atoms with E-state index in [9.17, 15) is 9.90 Å². The molecule has 6 nitrogen and oxygen atoms in total. The summed E-state index contributed by atoms with van der Waals surface area (Å²) >= 11 is 0. The molecule has 2 aromatic carbocycles. The van der Waals surface area contributed by atoms with E-state index in [1.165, 1.54) is 12.3 Å². The number of rotatable bonds is 6. The fourth-order valence-corrected chi connectivity index (χ4v) is 1.62. The second-order valence-corrected chi connectivity index (χ2v) is 4.32. The van der Waals surface area contributed by atoms with Crippen molar-refractivity contribution in [2.75, 3.05) is 13.7 Å². The minimum atomic E-state index is -0.400. The number of carbonyl (C=O) groups excluding carboxylic acids is 1. The van der Waals surface area contributed by atoms with Crippen LogP contribution in [0.2, 0.25) is 0 Å². The van der Waals surface area contributed by atoms with E-state index in [2.05, 4.69) is 10.5 Å². The average molecular weight is 300 g/mol. The minimum Gasteiger partial charge on any atom is -0.507 e. The van der Waals surface area contributed by atoms with Crippen LogP contribution in [0.25, 0.3) is 0 Å².